The third-order valence-corrected chi connectivity index (χ3v) is 6.90. The minimum Gasteiger partial charge on any atom is -0.466 e. The summed E-state index contributed by atoms with van der Waals surface area (Å²) in [6, 6.07) is 18.1. The molecule has 0 unspecified atom stereocenters. The molecule has 236 valence electrons. The van der Waals surface area contributed by atoms with Crippen LogP contribution in [0.2, 0.25) is 0 Å². The first-order chi connectivity index (χ1) is 21.7. The maximum absolute atomic E-state index is 13.6. The Labute approximate surface area is 262 Å². The maximum Gasteiger partial charge on any atom is 0.307 e. The fourth-order valence-electron chi connectivity index (χ4n) is 4.56. The third-order valence-electron chi connectivity index (χ3n) is 6.90. The third kappa shape index (κ3) is 8.88. The van der Waals surface area contributed by atoms with Crippen molar-refractivity contribution >= 4 is 46.2 Å². The van der Waals surface area contributed by atoms with E-state index >= 15 is 0 Å². The minimum atomic E-state index is -0.380. The first-order valence-corrected chi connectivity index (χ1v) is 14.8. The molecule has 0 fully saturated rings. The molecule has 0 radical (unpaired) electrons. The zero-order chi connectivity index (χ0) is 32.3. The number of anilines is 2. The fraction of sp³-hybridized carbons (Fsp3) is 0.333. The van der Waals surface area contributed by atoms with E-state index in [0.717, 1.165) is 17.0 Å². The van der Waals surface area contributed by atoms with Gasteiger partial charge in [0.1, 0.15) is 17.5 Å². The Hall–Kier alpha value is -5.26. The molecule has 3 N–H and O–H groups in total. The van der Waals surface area contributed by atoms with Gasteiger partial charge >= 0.3 is 11.9 Å². The molecule has 0 spiro atoms. The number of nitrogens with two attached hydrogens (primary N) is 1. The number of esters is 2. The number of pyridine rings is 1. The number of carbonyl (C=O) groups excluding carboxylic acids is 3. The fourth-order valence-corrected chi connectivity index (χ4v) is 4.56. The van der Waals surface area contributed by atoms with Crippen molar-refractivity contribution in [3.05, 3.63) is 83.8 Å². The number of nitrogens with one attached hydrogen (secondary N) is 1. The Morgan fingerprint density at radius 3 is 2.47 bits per heavy atom. The molecule has 12 nitrogen and oxygen atoms in total. The number of amidine groups is 1. The van der Waals surface area contributed by atoms with E-state index in [2.05, 4.69) is 15.3 Å². The standard InChI is InChI=1S/C33H39N7O5/c1-5-44-30(41)15-17-40(28-8-6-7-16-35-28)33(43)24-11-14-27-26(19-24)38-29(39(27)4)20-36-25-12-9-23(10-13-25)32(34)37-21-45-31(42)18-22(2)3/h6-14,16,19,22,36H,5,15,17-18,20-21H2,1-4H3,(H2,34,37). The van der Waals surface area contributed by atoms with E-state index < -0.39 is 0 Å². The van der Waals surface area contributed by atoms with Crippen molar-refractivity contribution in [2.75, 3.05) is 30.1 Å². The summed E-state index contributed by atoms with van der Waals surface area (Å²) in [5.74, 6) is 0.740. The molecular formula is C33H39N7O5. The molecule has 2 aromatic heterocycles. The highest BCUT2D eigenvalue weighted by atomic mass is 16.5. The van der Waals surface area contributed by atoms with E-state index in [-0.39, 0.29) is 55.9 Å². The molecule has 0 saturated carbocycles. The van der Waals surface area contributed by atoms with Gasteiger partial charge in [0.15, 0.2) is 6.73 Å². The number of aliphatic imine (C=N–C) groups is 1. The van der Waals surface area contributed by atoms with Crippen molar-refractivity contribution in [1.82, 2.24) is 14.5 Å². The molecule has 12 heteroatoms. The van der Waals surface area contributed by atoms with Crippen LogP contribution in [0.25, 0.3) is 11.0 Å². The zero-order valence-corrected chi connectivity index (χ0v) is 26.0. The molecule has 2 heterocycles. The number of aromatic nitrogens is 3. The van der Waals surface area contributed by atoms with Crippen LogP contribution in [0.15, 0.2) is 71.9 Å². The Morgan fingerprint density at radius 2 is 1.78 bits per heavy atom. The highest BCUT2D eigenvalue weighted by Crippen LogP contribution is 2.21. The number of aryl methyl sites for hydroxylation is 1. The summed E-state index contributed by atoms with van der Waals surface area (Å²) in [5.41, 5.74) is 9.59. The normalized spacial score (nSPS) is 11.4. The van der Waals surface area contributed by atoms with Gasteiger partial charge in [0.2, 0.25) is 0 Å². The topological polar surface area (TPSA) is 154 Å². The summed E-state index contributed by atoms with van der Waals surface area (Å²) in [7, 11) is 1.92. The number of carbonyl (C=O) groups is 3. The second-order valence-electron chi connectivity index (χ2n) is 10.7. The molecule has 0 aliphatic carbocycles. The summed E-state index contributed by atoms with van der Waals surface area (Å²) in [4.78, 5) is 52.0. The van der Waals surface area contributed by atoms with Crippen LogP contribution in [-0.4, -0.2) is 58.1 Å². The van der Waals surface area contributed by atoms with Gasteiger partial charge in [-0.25, -0.2) is 15.0 Å². The number of ether oxygens (including phenoxy) is 2. The first kappa shape index (κ1) is 32.6. The van der Waals surface area contributed by atoms with Crippen LogP contribution in [0, 0.1) is 5.92 Å². The van der Waals surface area contributed by atoms with Gasteiger partial charge in [0.25, 0.3) is 5.91 Å². The smallest absolute Gasteiger partial charge is 0.307 e. The van der Waals surface area contributed by atoms with Crippen LogP contribution >= 0.6 is 0 Å². The van der Waals surface area contributed by atoms with E-state index in [1.54, 1.807) is 43.5 Å². The average Bonchev–Trinajstić information content (AvgIpc) is 3.34. The molecule has 45 heavy (non-hydrogen) atoms. The van der Waals surface area contributed by atoms with Crippen LogP contribution in [-0.2, 0) is 32.7 Å². The molecule has 0 aliphatic rings. The lowest BCUT2D eigenvalue weighted by Gasteiger charge is -2.21. The number of amides is 1. The van der Waals surface area contributed by atoms with E-state index in [1.165, 1.54) is 4.90 Å². The lowest BCUT2D eigenvalue weighted by Crippen LogP contribution is -2.34. The molecule has 2 aromatic carbocycles. The quantitative estimate of drug-likeness (QED) is 0.119. The molecular weight excluding hydrogens is 574 g/mol. The van der Waals surface area contributed by atoms with Crippen molar-refractivity contribution in [3.8, 4) is 0 Å². The van der Waals surface area contributed by atoms with Gasteiger partial charge in [0, 0.05) is 43.0 Å². The lowest BCUT2D eigenvalue weighted by molar-refractivity contribution is -0.144. The summed E-state index contributed by atoms with van der Waals surface area (Å²) in [6.07, 6.45) is 1.99. The molecule has 0 atom stereocenters. The van der Waals surface area contributed by atoms with Gasteiger partial charge in [-0.05, 0) is 67.4 Å². The predicted molar refractivity (Wildman–Crippen MR) is 173 cm³/mol. The second kappa shape index (κ2) is 15.5. The Kier molecular flexibility index (Phi) is 11.2. The second-order valence-corrected chi connectivity index (χ2v) is 10.7. The summed E-state index contributed by atoms with van der Waals surface area (Å²) >= 11 is 0. The zero-order valence-electron chi connectivity index (χ0n) is 26.0. The largest absolute Gasteiger partial charge is 0.466 e. The predicted octanol–water partition coefficient (Wildman–Crippen LogP) is 4.43. The van der Waals surface area contributed by atoms with Crippen LogP contribution in [0.3, 0.4) is 0 Å². The number of hydrogen-bond acceptors (Lipinski definition) is 9. The molecule has 4 aromatic rings. The number of nitrogens with zero attached hydrogens (tertiary/aromatic N) is 5. The molecule has 4 rings (SSSR count). The number of benzene rings is 2. The van der Waals surface area contributed by atoms with Crippen molar-refractivity contribution in [2.24, 2.45) is 23.7 Å². The number of rotatable bonds is 14. The van der Waals surface area contributed by atoms with E-state index in [0.29, 0.717) is 35.4 Å². The van der Waals surface area contributed by atoms with Gasteiger partial charge in [-0.15, -0.1) is 0 Å². The number of hydrogen-bond donors (Lipinski definition) is 2. The number of imidazole rings is 1. The Bertz CT molecular complexity index is 1650. The molecule has 0 bridgehead atoms. The molecule has 0 aliphatic heterocycles. The van der Waals surface area contributed by atoms with Crippen molar-refractivity contribution < 1.29 is 23.9 Å². The van der Waals surface area contributed by atoms with Gasteiger partial charge in [-0.1, -0.05) is 19.9 Å². The summed E-state index contributed by atoms with van der Waals surface area (Å²) in [6.45, 7) is 6.35. The monoisotopic (exact) mass is 613 g/mol. The average molecular weight is 614 g/mol. The minimum absolute atomic E-state index is 0.0477. The molecule has 1 amide bonds. The van der Waals surface area contributed by atoms with E-state index in [4.69, 9.17) is 20.2 Å². The maximum atomic E-state index is 13.6. The van der Waals surface area contributed by atoms with Crippen LogP contribution in [0.5, 0.6) is 0 Å². The van der Waals surface area contributed by atoms with Crippen molar-refractivity contribution in [3.63, 3.8) is 0 Å². The van der Waals surface area contributed by atoms with Crippen molar-refractivity contribution in [1.29, 1.82) is 0 Å². The Balaban J connectivity index is 1.42. The highest BCUT2D eigenvalue weighted by Gasteiger charge is 2.21. The SMILES string of the molecule is CCOC(=O)CCN(C(=O)c1ccc2c(c1)nc(CNc1ccc(/C(N)=N/COC(=O)CC(C)C)cc1)n2C)c1ccccn1. The first-order valence-electron chi connectivity index (χ1n) is 14.8. The lowest BCUT2D eigenvalue weighted by atomic mass is 10.1. The molecule has 0 saturated heterocycles. The summed E-state index contributed by atoms with van der Waals surface area (Å²) < 4.78 is 12.1. The Morgan fingerprint density at radius 1 is 1.02 bits per heavy atom. The number of fused-ring (bicyclic) bond motifs is 1. The van der Waals surface area contributed by atoms with Gasteiger partial charge < -0.3 is 25.1 Å². The highest BCUT2D eigenvalue weighted by molar-refractivity contribution is 6.07. The van der Waals surface area contributed by atoms with Crippen LogP contribution in [0.4, 0.5) is 11.5 Å². The van der Waals surface area contributed by atoms with Crippen molar-refractivity contribution in [2.45, 2.75) is 40.2 Å². The van der Waals surface area contributed by atoms with Gasteiger partial charge in [-0.2, -0.15) is 0 Å². The van der Waals surface area contributed by atoms with Gasteiger partial charge in [0.05, 0.1) is 30.6 Å². The van der Waals surface area contributed by atoms with Crippen LogP contribution in [0.1, 0.15) is 55.4 Å². The van der Waals surface area contributed by atoms with E-state index in [9.17, 15) is 14.4 Å². The summed E-state index contributed by atoms with van der Waals surface area (Å²) in [5, 5.41) is 3.36. The van der Waals surface area contributed by atoms with E-state index in [1.807, 2.05) is 55.8 Å². The van der Waals surface area contributed by atoms with Gasteiger partial charge in [-0.3, -0.25) is 19.3 Å². The van der Waals surface area contributed by atoms with Crippen LogP contribution < -0.4 is 16.0 Å².